The van der Waals surface area contributed by atoms with Gasteiger partial charge in [-0.15, -0.1) is 0 Å². The summed E-state index contributed by atoms with van der Waals surface area (Å²) in [5, 5.41) is 10.9. The molecule has 144 valence electrons. The van der Waals surface area contributed by atoms with Crippen LogP contribution in [0.3, 0.4) is 0 Å². The fraction of sp³-hybridized carbons (Fsp3) is 0.333. The lowest BCUT2D eigenvalue weighted by Gasteiger charge is -2.25. The summed E-state index contributed by atoms with van der Waals surface area (Å²) < 4.78 is 28.0. The van der Waals surface area contributed by atoms with Crippen molar-refractivity contribution >= 4 is 29.6 Å². The quantitative estimate of drug-likeness (QED) is 0.581. The number of oxime groups is 1. The Balaban J connectivity index is 1.48. The molecule has 0 radical (unpaired) electrons. The van der Waals surface area contributed by atoms with E-state index in [0.29, 0.717) is 32.0 Å². The zero-order valence-electron chi connectivity index (χ0n) is 13.9. The van der Waals surface area contributed by atoms with Gasteiger partial charge in [-0.3, -0.25) is 4.94 Å². The number of hydrogen-bond acceptors (Lipinski definition) is 9. The van der Waals surface area contributed by atoms with Gasteiger partial charge < -0.3 is 14.4 Å². The Morgan fingerprint density at radius 3 is 3.00 bits per heavy atom. The molecule has 0 bridgehead atoms. The van der Waals surface area contributed by atoms with E-state index in [-0.39, 0.29) is 23.0 Å². The molecule has 0 aliphatic carbocycles. The second-order valence-electron chi connectivity index (χ2n) is 5.31. The SMILES string of the molecule is O=C(OCc1nonc1/C=N/ONc1ccc(F)c(Cl)c1)N1CCOCC1. The van der Waals surface area contributed by atoms with Gasteiger partial charge in [-0.05, 0) is 23.4 Å². The van der Waals surface area contributed by atoms with Gasteiger partial charge in [-0.2, -0.15) is 5.48 Å². The van der Waals surface area contributed by atoms with Crippen LogP contribution in [0.4, 0.5) is 14.9 Å². The topological polar surface area (TPSA) is 111 Å². The van der Waals surface area contributed by atoms with E-state index in [9.17, 15) is 9.18 Å². The molecule has 1 aromatic carbocycles. The lowest BCUT2D eigenvalue weighted by molar-refractivity contribution is 0.0244. The minimum Gasteiger partial charge on any atom is -0.443 e. The van der Waals surface area contributed by atoms with Crippen LogP contribution in [0.5, 0.6) is 0 Å². The van der Waals surface area contributed by atoms with E-state index >= 15 is 0 Å². The molecule has 12 heteroatoms. The van der Waals surface area contributed by atoms with Crippen molar-refractivity contribution in [3.8, 4) is 0 Å². The van der Waals surface area contributed by atoms with E-state index in [1.54, 1.807) is 0 Å². The van der Waals surface area contributed by atoms with E-state index in [2.05, 4.69) is 25.6 Å². The van der Waals surface area contributed by atoms with Gasteiger partial charge in [0.15, 0.2) is 11.4 Å². The summed E-state index contributed by atoms with van der Waals surface area (Å²) in [5.74, 6) is -0.546. The summed E-state index contributed by atoms with van der Waals surface area (Å²) in [7, 11) is 0. The predicted molar refractivity (Wildman–Crippen MR) is 90.6 cm³/mol. The van der Waals surface area contributed by atoms with Gasteiger partial charge in [0.2, 0.25) is 0 Å². The van der Waals surface area contributed by atoms with Crippen LogP contribution in [-0.2, 0) is 21.0 Å². The summed E-state index contributed by atoms with van der Waals surface area (Å²) in [4.78, 5) is 18.3. The van der Waals surface area contributed by atoms with Gasteiger partial charge in [0.1, 0.15) is 18.6 Å². The Hall–Kier alpha value is -2.92. The average molecular weight is 400 g/mol. The minimum absolute atomic E-state index is 0.0577. The number of halogens is 2. The van der Waals surface area contributed by atoms with E-state index in [0.717, 1.165) is 0 Å². The minimum atomic E-state index is -0.546. The van der Waals surface area contributed by atoms with Gasteiger partial charge in [0.25, 0.3) is 0 Å². The zero-order chi connectivity index (χ0) is 19.1. The zero-order valence-corrected chi connectivity index (χ0v) is 14.7. The molecule has 1 saturated heterocycles. The molecule has 3 rings (SSSR count). The number of benzene rings is 1. The van der Waals surface area contributed by atoms with Crippen molar-refractivity contribution in [2.45, 2.75) is 6.61 Å². The predicted octanol–water partition coefficient (Wildman–Crippen LogP) is 2.21. The second kappa shape index (κ2) is 9.14. The van der Waals surface area contributed by atoms with E-state index in [4.69, 9.17) is 26.0 Å². The summed E-state index contributed by atoms with van der Waals surface area (Å²) >= 11 is 5.65. The first-order valence-electron chi connectivity index (χ1n) is 7.85. The fourth-order valence-corrected chi connectivity index (χ4v) is 2.27. The number of carbonyl (C=O) groups is 1. The van der Waals surface area contributed by atoms with Gasteiger partial charge in [-0.25, -0.2) is 13.8 Å². The van der Waals surface area contributed by atoms with Crippen LogP contribution in [0, 0.1) is 5.82 Å². The molecule has 2 aromatic rings. The maximum absolute atomic E-state index is 13.1. The number of amides is 1. The highest BCUT2D eigenvalue weighted by atomic mass is 35.5. The molecule has 2 heterocycles. The maximum atomic E-state index is 13.1. The van der Waals surface area contributed by atoms with Gasteiger partial charge >= 0.3 is 6.09 Å². The van der Waals surface area contributed by atoms with Crippen LogP contribution in [0.1, 0.15) is 11.4 Å². The van der Waals surface area contributed by atoms with E-state index in [1.165, 1.54) is 29.3 Å². The Morgan fingerprint density at radius 2 is 2.22 bits per heavy atom. The molecule has 1 N–H and O–H groups in total. The Morgan fingerprint density at radius 1 is 1.41 bits per heavy atom. The van der Waals surface area contributed by atoms with E-state index in [1.807, 2.05) is 0 Å². The first-order chi connectivity index (χ1) is 13.1. The van der Waals surface area contributed by atoms with Crippen molar-refractivity contribution in [3.63, 3.8) is 0 Å². The first-order valence-corrected chi connectivity index (χ1v) is 8.22. The molecule has 10 nitrogen and oxygen atoms in total. The van der Waals surface area contributed by atoms with Crippen molar-refractivity contribution in [1.29, 1.82) is 0 Å². The maximum Gasteiger partial charge on any atom is 0.410 e. The van der Waals surface area contributed by atoms with Crippen LogP contribution in [0.25, 0.3) is 0 Å². The number of anilines is 1. The van der Waals surface area contributed by atoms with Crippen LogP contribution in [0.15, 0.2) is 28.0 Å². The third-order valence-corrected chi connectivity index (χ3v) is 3.79. The average Bonchev–Trinajstić information content (AvgIpc) is 3.14. The normalized spacial score (nSPS) is 14.4. The monoisotopic (exact) mass is 399 g/mol. The first kappa shape index (κ1) is 18.9. The molecular weight excluding hydrogens is 385 g/mol. The molecule has 0 unspecified atom stereocenters. The molecule has 0 atom stereocenters. The lowest BCUT2D eigenvalue weighted by atomic mass is 10.3. The van der Waals surface area contributed by atoms with Gasteiger partial charge in [0.05, 0.1) is 23.9 Å². The smallest absolute Gasteiger partial charge is 0.410 e. The largest absolute Gasteiger partial charge is 0.443 e. The molecule has 1 amide bonds. The Bertz CT molecular complexity index is 812. The van der Waals surface area contributed by atoms with Crippen LogP contribution in [-0.4, -0.2) is 53.8 Å². The number of nitrogens with one attached hydrogen (secondary N) is 1. The van der Waals surface area contributed by atoms with Crippen molar-refractivity contribution in [1.82, 2.24) is 15.2 Å². The molecule has 1 fully saturated rings. The van der Waals surface area contributed by atoms with Crippen LogP contribution in [0.2, 0.25) is 5.02 Å². The Kier molecular flexibility index (Phi) is 6.39. The number of ether oxygens (including phenoxy) is 2. The summed E-state index contributed by atoms with van der Waals surface area (Å²) in [5.41, 5.74) is 3.35. The summed E-state index contributed by atoms with van der Waals surface area (Å²) in [6.07, 6.45) is 0.738. The highest BCUT2D eigenvalue weighted by Crippen LogP contribution is 2.19. The number of carbonyl (C=O) groups excluding carboxylic acids is 1. The standard InChI is InChI=1S/C15H15ClFN5O5/c16-11-7-10(1-2-12(11)17)19-26-18-8-13-14(21-27-20-13)9-25-15(23)22-3-5-24-6-4-22/h1-2,7-8,19H,3-6,9H2/b18-8+. The molecule has 1 aromatic heterocycles. The van der Waals surface area contributed by atoms with E-state index < -0.39 is 11.9 Å². The van der Waals surface area contributed by atoms with Gasteiger partial charge in [-0.1, -0.05) is 21.9 Å². The molecule has 0 saturated carbocycles. The van der Waals surface area contributed by atoms with Gasteiger partial charge in [0, 0.05) is 13.1 Å². The highest BCUT2D eigenvalue weighted by molar-refractivity contribution is 6.31. The lowest BCUT2D eigenvalue weighted by Crippen LogP contribution is -2.40. The molecular formula is C15H15ClFN5O5. The second-order valence-corrected chi connectivity index (χ2v) is 5.71. The number of hydrogen-bond donors (Lipinski definition) is 1. The summed E-state index contributed by atoms with van der Waals surface area (Å²) in [6.45, 7) is 1.75. The number of aromatic nitrogens is 2. The highest BCUT2D eigenvalue weighted by Gasteiger charge is 2.19. The van der Waals surface area contributed by atoms with Crippen molar-refractivity contribution in [2.24, 2.45) is 5.16 Å². The molecule has 1 aliphatic heterocycles. The van der Waals surface area contributed by atoms with Crippen molar-refractivity contribution in [2.75, 3.05) is 31.8 Å². The van der Waals surface area contributed by atoms with Crippen LogP contribution < -0.4 is 5.48 Å². The molecule has 27 heavy (non-hydrogen) atoms. The third kappa shape index (κ3) is 5.28. The fourth-order valence-electron chi connectivity index (χ4n) is 2.09. The number of nitrogens with zero attached hydrogens (tertiary/aromatic N) is 4. The third-order valence-electron chi connectivity index (χ3n) is 3.50. The van der Waals surface area contributed by atoms with Crippen molar-refractivity contribution < 1.29 is 28.2 Å². The molecule has 1 aliphatic rings. The molecule has 0 spiro atoms. The van der Waals surface area contributed by atoms with Crippen molar-refractivity contribution in [3.05, 3.63) is 40.4 Å². The number of morpholine rings is 1. The summed E-state index contributed by atoms with van der Waals surface area (Å²) in [6, 6.07) is 3.94. The van der Waals surface area contributed by atoms with Crippen LogP contribution >= 0.6 is 11.6 Å². The number of rotatable bonds is 6. The Labute approximate surface area is 157 Å².